The Morgan fingerprint density at radius 3 is 2.70 bits per heavy atom. The smallest absolute Gasteiger partial charge is 0.253 e. The van der Waals surface area contributed by atoms with Gasteiger partial charge < -0.3 is 16.0 Å². The van der Waals surface area contributed by atoms with Crippen LogP contribution in [0.4, 0.5) is 5.69 Å². The SMILES string of the molecule is CCCNC(=O)c1ccccc1NC(=O)CNC1CC1. The van der Waals surface area contributed by atoms with Crippen LogP contribution >= 0.6 is 0 Å². The normalized spacial score (nSPS) is 13.8. The molecule has 0 aliphatic heterocycles. The molecule has 0 bridgehead atoms. The number of anilines is 1. The summed E-state index contributed by atoms with van der Waals surface area (Å²) in [6, 6.07) is 7.55. The molecule has 0 saturated heterocycles. The molecule has 1 fully saturated rings. The summed E-state index contributed by atoms with van der Waals surface area (Å²) in [6.07, 6.45) is 3.16. The largest absolute Gasteiger partial charge is 0.352 e. The number of carbonyl (C=O) groups is 2. The van der Waals surface area contributed by atoms with E-state index < -0.39 is 0 Å². The predicted molar refractivity (Wildman–Crippen MR) is 78.7 cm³/mol. The average molecular weight is 275 g/mol. The topological polar surface area (TPSA) is 70.2 Å². The van der Waals surface area contributed by atoms with E-state index in [-0.39, 0.29) is 18.4 Å². The zero-order chi connectivity index (χ0) is 14.4. The molecule has 5 nitrogen and oxygen atoms in total. The summed E-state index contributed by atoms with van der Waals surface area (Å²) in [6.45, 7) is 2.91. The lowest BCUT2D eigenvalue weighted by molar-refractivity contribution is -0.115. The van der Waals surface area contributed by atoms with Crippen LogP contribution in [0.1, 0.15) is 36.5 Å². The van der Waals surface area contributed by atoms with Gasteiger partial charge in [-0.05, 0) is 31.4 Å². The van der Waals surface area contributed by atoms with Crippen LogP contribution in [0.2, 0.25) is 0 Å². The zero-order valence-electron chi connectivity index (χ0n) is 11.7. The van der Waals surface area contributed by atoms with Gasteiger partial charge in [0.15, 0.2) is 0 Å². The second-order valence-electron chi connectivity index (χ2n) is 5.00. The summed E-state index contributed by atoms with van der Waals surface area (Å²) in [5.74, 6) is -0.273. The van der Waals surface area contributed by atoms with Crippen LogP contribution in [0.15, 0.2) is 24.3 Å². The highest BCUT2D eigenvalue weighted by Gasteiger charge is 2.21. The standard InChI is InChI=1S/C15H21N3O2/c1-2-9-16-15(20)12-5-3-4-6-13(12)18-14(19)10-17-11-7-8-11/h3-6,11,17H,2,7-10H2,1H3,(H,16,20)(H,18,19). The van der Waals surface area contributed by atoms with Gasteiger partial charge in [-0.2, -0.15) is 0 Å². The second-order valence-corrected chi connectivity index (χ2v) is 5.00. The van der Waals surface area contributed by atoms with Gasteiger partial charge in [0.1, 0.15) is 0 Å². The van der Waals surface area contributed by atoms with Gasteiger partial charge in [0, 0.05) is 12.6 Å². The Balaban J connectivity index is 1.95. The molecule has 3 N–H and O–H groups in total. The zero-order valence-corrected chi connectivity index (χ0v) is 11.7. The molecule has 5 heteroatoms. The van der Waals surface area contributed by atoms with Crippen molar-refractivity contribution < 1.29 is 9.59 Å². The monoisotopic (exact) mass is 275 g/mol. The molecule has 1 aliphatic carbocycles. The summed E-state index contributed by atoms with van der Waals surface area (Å²) in [5, 5.41) is 8.75. The van der Waals surface area contributed by atoms with E-state index in [2.05, 4.69) is 16.0 Å². The molecule has 1 saturated carbocycles. The van der Waals surface area contributed by atoms with Crippen LogP contribution in [0.25, 0.3) is 0 Å². The number of hydrogen-bond acceptors (Lipinski definition) is 3. The Morgan fingerprint density at radius 2 is 2.00 bits per heavy atom. The molecule has 1 aromatic rings. The van der Waals surface area contributed by atoms with Crippen molar-refractivity contribution in [2.24, 2.45) is 0 Å². The van der Waals surface area contributed by atoms with Crippen molar-refractivity contribution in [3.05, 3.63) is 29.8 Å². The third-order valence-corrected chi connectivity index (χ3v) is 3.11. The highest BCUT2D eigenvalue weighted by atomic mass is 16.2. The maximum atomic E-state index is 12.0. The fourth-order valence-corrected chi connectivity index (χ4v) is 1.84. The van der Waals surface area contributed by atoms with Gasteiger partial charge in [0.25, 0.3) is 5.91 Å². The van der Waals surface area contributed by atoms with Gasteiger partial charge in [0.2, 0.25) is 5.91 Å². The van der Waals surface area contributed by atoms with E-state index in [1.807, 2.05) is 6.92 Å². The molecule has 1 aliphatic rings. The minimum absolute atomic E-state index is 0.118. The molecule has 0 heterocycles. The van der Waals surface area contributed by atoms with Crippen molar-refractivity contribution in [1.29, 1.82) is 0 Å². The summed E-state index contributed by atoms with van der Waals surface area (Å²) in [4.78, 5) is 23.8. The van der Waals surface area contributed by atoms with Crippen molar-refractivity contribution in [3.63, 3.8) is 0 Å². The van der Waals surface area contributed by atoms with Crippen molar-refractivity contribution in [2.75, 3.05) is 18.4 Å². The Kier molecular flexibility index (Phi) is 5.12. The van der Waals surface area contributed by atoms with Crippen molar-refractivity contribution >= 4 is 17.5 Å². The van der Waals surface area contributed by atoms with Crippen LogP contribution in [0, 0.1) is 0 Å². The molecule has 0 atom stereocenters. The van der Waals surface area contributed by atoms with Gasteiger partial charge in [-0.15, -0.1) is 0 Å². The highest BCUT2D eigenvalue weighted by molar-refractivity contribution is 6.04. The summed E-state index contributed by atoms with van der Waals surface area (Å²) in [7, 11) is 0. The van der Waals surface area contributed by atoms with E-state index in [4.69, 9.17) is 0 Å². The molecule has 2 rings (SSSR count). The fourth-order valence-electron chi connectivity index (χ4n) is 1.84. The lowest BCUT2D eigenvalue weighted by Gasteiger charge is -2.11. The van der Waals surface area contributed by atoms with Gasteiger partial charge in [-0.3, -0.25) is 9.59 Å². The first-order valence-corrected chi connectivity index (χ1v) is 7.11. The molecule has 1 aromatic carbocycles. The predicted octanol–water partition coefficient (Wildman–Crippen LogP) is 1.52. The van der Waals surface area contributed by atoms with Crippen LogP contribution in [-0.2, 0) is 4.79 Å². The maximum absolute atomic E-state index is 12.0. The Bertz CT molecular complexity index is 484. The lowest BCUT2D eigenvalue weighted by atomic mass is 10.1. The van der Waals surface area contributed by atoms with Gasteiger partial charge >= 0.3 is 0 Å². The number of rotatable bonds is 7. The number of benzene rings is 1. The first-order chi connectivity index (χ1) is 9.70. The van der Waals surface area contributed by atoms with Crippen molar-refractivity contribution in [1.82, 2.24) is 10.6 Å². The average Bonchev–Trinajstić information content (AvgIpc) is 3.27. The van der Waals surface area contributed by atoms with Crippen molar-refractivity contribution in [2.45, 2.75) is 32.2 Å². The number of amides is 2. The molecule has 20 heavy (non-hydrogen) atoms. The molecular weight excluding hydrogens is 254 g/mol. The third-order valence-electron chi connectivity index (χ3n) is 3.11. The number of para-hydroxylation sites is 1. The van der Waals surface area contributed by atoms with Crippen LogP contribution in [0.3, 0.4) is 0 Å². The van der Waals surface area contributed by atoms with Crippen LogP contribution in [0.5, 0.6) is 0 Å². The Labute approximate surface area is 119 Å². The second kappa shape index (κ2) is 7.05. The summed E-state index contributed by atoms with van der Waals surface area (Å²) < 4.78 is 0. The third kappa shape index (κ3) is 4.35. The molecule has 2 amide bonds. The van der Waals surface area contributed by atoms with E-state index in [1.165, 1.54) is 0 Å². The molecular formula is C15H21N3O2. The van der Waals surface area contributed by atoms with E-state index >= 15 is 0 Å². The Hall–Kier alpha value is -1.88. The van der Waals surface area contributed by atoms with E-state index in [1.54, 1.807) is 24.3 Å². The molecule has 0 spiro atoms. The van der Waals surface area contributed by atoms with Gasteiger partial charge in [-0.1, -0.05) is 19.1 Å². The first kappa shape index (κ1) is 14.5. The molecule has 0 radical (unpaired) electrons. The van der Waals surface area contributed by atoms with Crippen LogP contribution in [-0.4, -0.2) is 30.9 Å². The van der Waals surface area contributed by atoms with Crippen LogP contribution < -0.4 is 16.0 Å². The number of carbonyl (C=O) groups excluding carboxylic acids is 2. The fraction of sp³-hybridized carbons (Fsp3) is 0.467. The maximum Gasteiger partial charge on any atom is 0.253 e. The summed E-state index contributed by atoms with van der Waals surface area (Å²) >= 11 is 0. The minimum Gasteiger partial charge on any atom is -0.352 e. The van der Waals surface area contributed by atoms with Gasteiger partial charge in [-0.25, -0.2) is 0 Å². The molecule has 0 aromatic heterocycles. The Morgan fingerprint density at radius 1 is 1.25 bits per heavy atom. The summed E-state index contributed by atoms with van der Waals surface area (Å²) in [5.41, 5.74) is 1.06. The highest BCUT2D eigenvalue weighted by Crippen LogP contribution is 2.18. The van der Waals surface area contributed by atoms with Crippen molar-refractivity contribution in [3.8, 4) is 0 Å². The van der Waals surface area contributed by atoms with E-state index in [0.717, 1.165) is 19.3 Å². The first-order valence-electron chi connectivity index (χ1n) is 7.11. The van der Waals surface area contributed by atoms with Gasteiger partial charge in [0.05, 0.1) is 17.8 Å². The number of hydrogen-bond donors (Lipinski definition) is 3. The number of nitrogens with one attached hydrogen (secondary N) is 3. The minimum atomic E-state index is -0.155. The van der Waals surface area contributed by atoms with E-state index in [9.17, 15) is 9.59 Å². The molecule has 108 valence electrons. The lowest BCUT2D eigenvalue weighted by Crippen LogP contribution is -2.31. The van der Waals surface area contributed by atoms with E-state index in [0.29, 0.717) is 23.8 Å². The quantitative estimate of drug-likeness (QED) is 0.706. The molecule has 0 unspecified atom stereocenters.